The number of anilines is 2. The summed E-state index contributed by atoms with van der Waals surface area (Å²) in [6.45, 7) is 7.86. The van der Waals surface area contributed by atoms with Crippen molar-refractivity contribution in [2.45, 2.75) is 27.7 Å². The lowest BCUT2D eigenvalue weighted by Crippen LogP contribution is -2.32. The monoisotopic (exact) mass is 426 g/mol. The largest absolute Gasteiger partial charge is 0.495 e. The van der Waals surface area contributed by atoms with E-state index in [4.69, 9.17) is 4.74 Å². The zero-order chi connectivity index (χ0) is 23.0. The van der Waals surface area contributed by atoms with Crippen molar-refractivity contribution in [1.29, 1.82) is 0 Å². The number of para-hydroxylation sites is 2. The molecule has 5 heteroatoms. The Morgan fingerprint density at radius 3 is 2.12 bits per heavy atom. The molecule has 0 bridgehead atoms. The molecule has 0 aliphatic carbocycles. The molecular weight excluding hydrogens is 400 g/mol. The molecule has 5 nitrogen and oxygen atoms in total. The molecule has 32 heavy (non-hydrogen) atoms. The zero-order valence-electron chi connectivity index (χ0n) is 18.9. The van der Waals surface area contributed by atoms with Gasteiger partial charge in [0.25, 0.3) is 11.8 Å². The van der Waals surface area contributed by atoms with E-state index in [0.29, 0.717) is 22.7 Å². The average Bonchev–Trinajstić information content (AvgIpc) is 2.97. The van der Waals surface area contributed by atoms with Gasteiger partial charge in [-0.1, -0.05) is 42.0 Å². The standard InChI is InChI=1S/C27H26N2O3/c1-16-10-11-21(19(4)13-16)24-25(28-22-8-6-7-9-23(22)32-5)27(31)29(26(24)30)20-14-17(2)12-18(3)15-20/h6-15,28H,1-5H3. The number of hydrogen-bond acceptors (Lipinski definition) is 4. The lowest BCUT2D eigenvalue weighted by molar-refractivity contribution is -0.120. The summed E-state index contributed by atoms with van der Waals surface area (Å²) in [5.41, 5.74) is 6.52. The molecular formula is C27H26N2O3. The molecule has 0 fully saturated rings. The minimum atomic E-state index is -0.388. The number of carbonyl (C=O) groups is 2. The quantitative estimate of drug-likeness (QED) is 0.561. The number of carbonyl (C=O) groups excluding carboxylic acids is 2. The number of ether oxygens (including phenoxy) is 1. The minimum Gasteiger partial charge on any atom is -0.495 e. The molecule has 0 radical (unpaired) electrons. The Labute approximate surface area is 188 Å². The predicted octanol–water partition coefficient (Wildman–Crippen LogP) is 5.33. The van der Waals surface area contributed by atoms with Crippen molar-refractivity contribution in [2.75, 3.05) is 17.3 Å². The van der Waals surface area contributed by atoms with Gasteiger partial charge in [0.05, 0.1) is 24.1 Å². The van der Waals surface area contributed by atoms with Gasteiger partial charge in [-0.05, 0) is 74.2 Å². The van der Waals surface area contributed by atoms with Gasteiger partial charge in [-0.15, -0.1) is 0 Å². The highest BCUT2D eigenvalue weighted by molar-refractivity contribution is 6.46. The third-order valence-electron chi connectivity index (χ3n) is 5.57. The van der Waals surface area contributed by atoms with Crippen molar-refractivity contribution >= 4 is 28.8 Å². The Hall–Kier alpha value is -3.86. The van der Waals surface area contributed by atoms with Crippen molar-refractivity contribution < 1.29 is 14.3 Å². The second-order valence-corrected chi connectivity index (χ2v) is 8.19. The van der Waals surface area contributed by atoms with E-state index in [1.165, 1.54) is 4.90 Å². The van der Waals surface area contributed by atoms with E-state index in [0.717, 1.165) is 27.8 Å². The van der Waals surface area contributed by atoms with Crippen molar-refractivity contribution in [3.05, 3.63) is 94.2 Å². The maximum absolute atomic E-state index is 13.7. The molecule has 1 aliphatic rings. The van der Waals surface area contributed by atoms with Crippen LogP contribution >= 0.6 is 0 Å². The number of amides is 2. The van der Waals surface area contributed by atoms with Gasteiger partial charge in [0.2, 0.25) is 0 Å². The van der Waals surface area contributed by atoms with Crippen LogP contribution in [0.4, 0.5) is 11.4 Å². The molecule has 0 saturated heterocycles. The molecule has 0 saturated carbocycles. The van der Waals surface area contributed by atoms with Crippen LogP contribution in [0.2, 0.25) is 0 Å². The normalized spacial score (nSPS) is 13.7. The number of nitrogens with zero attached hydrogens (tertiary/aromatic N) is 1. The van der Waals surface area contributed by atoms with Gasteiger partial charge in [-0.2, -0.15) is 0 Å². The summed E-state index contributed by atoms with van der Waals surface area (Å²) in [5.74, 6) is -0.143. The highest BCUT2D eigenvalue weighted by atomic mass is 16.5. The molecule has 1 N–H and O–H groups in total. The number of hydrogen-bond donors (Lipinski definition) is 1. The van der Waals surface area contributed by atoms with Gasteiger partial charge >= 0.3 is 0 Å². The molecule has 2 amide bonds. The first-order valence-corrected chi connectivity index (χ1v) is 10.5. The maximum atomic E-state index is 13.7. The summed E-state index contributed by atoms with van der Waals surface area (Å²) >= 11 is 0. The van der Waals surface area contributed by atoms with Crippen LogP contribution in [-0.2, 0) is 9.59 Å². The second-order valence-electron chi connectivity index (χ2n) is 8.19. The molecule has 0 unspecified atom stereocenters. The van der Waals surface area contributed by atoms with Gasteiger partial charge in [-0.3, -0.25) is 9.59 Å². The van der Waals surface area contributed by atoms with E-state index in [1.54, 1.807) is 7.11 Å². The van der Waals surface area contributed by atoms with Crippen molar-refractivity contribution in [3.63, 3.8) is 0 Å². The van der Waals surface area contributed by atoms with E-state index in [1.807, 2.05) is 88.4 Å². The summed E-state index contributed by atoms with van der Waals surface area (Å²) in [4.78, 5) is 28.6. The van der Waals surface area contributed by atoms with E-state index < -0.39 is 0 Å². The van der Waals surface area contributed by atoms with Crippen LogP contribution in [0.15, 0.2) is 66.4 Å². The van der Waals surface area contributed by atoms with Crippen LogP contribution in [0.25, 0.3) is 5.57 Å². The van der Waals surface area contributed by atoms with Crippen LogP contribution in [0, 0.1) is 27.7 Å². The molecule has 1 heterocycles. The van der Waals surface area contributed by atoms with Gasteiger partial charge in [0.1, 0.15) is 11.4 Å². The molecule has 3 aromatic rings. The van der Waals surface area contributed by atoms with Crippen molar-refractivity contribution in [2.24, 2.45) is 0 Å². The fourth-order valence-corrected chi connectivity index (χ4v) is 4.19. The van der Waals surface area contributed by atoms with Gasteiger partial charge in [-0.25, -0.2) is 4.90 Å². The number of methoxy groups -OCH3 is 1. The van der Waals surface area contributed by atoms with Crippen LogP contribution in [0.3, 0.4) is 0 Å². The SMILES string of the molecule is COc1ccccc1NC1=C(c2ccc(C)cc2C)C(=O)N(c2cc(C)cc(C)c2)C1=O. The minimum absolute atomic E-state index is 0.241. The first kappa shape index (κ1) is 21.4. The van der Waals surface area contributed by atoms with Crippen LogP contribution in [-0.4, -0.2) is 18.9 Å². The Balaban J connectivity index is 1.89. The first-order chi connectivity index (χ1) is 15.3. The lowest BCUT2D eigenvalue weighted by atomic mass is 9.97. The van der Waals surface area contributed by atoms with E-state index in [9.17, 15) is 9.59 Å². The summed E-state index contributed by atoms with van der Waals surface area (Å²) in [7, 11) is 1.57. The molecule has 0 spiro atoms. The van der Waals surface area contributed by atoms with Crippen molar-refractivity contribution in [3.8, 4) is 5.75 Å². The highest BCUT2D eigenvalue weighted by Gasteiger charge is 2.41. The fourth-order valence-electron chi connectivity index (χ4n) is 4.19. The van der Waals surface area contributed by atoms with E-state index in [-0.39, 0.29) is 17.5 Å². The molecule has 0 atom stereocenters. The summed E-state index contributed by atoms with van der Waals surface area (Å²) in [5, 5.41) is 3.20. The van der Waals surface area contributed by atoms with Crippen molar-refractivity contribution in [1.82, 2.24) is 0 Å². The maximum Gasteiger partial charge on any atom is 0.282 e. The smallest absolute Gasteiger partial charge is 0.282 e. The Morgan fingerprint density at radius 2 is 1.47 bits per heavy atom. The third kappa shape index (κ3) is 3.78. The second kappa shape index (κ2) is 8.35. The average molecular weight is 427 g/mol. The molecule has 0 aromatic heterocycles. The van der Waals surface area contributed by atoms with Gasteiger partial charge in [0, 0.05) is 0 Å². The zero-order valence-corrected chi connectivity index (χ0v) is 18.9. The molecule has 3 aromatic carbocycles. The third-order valence-corrected chi connectivity index (χ3v) is 5.57. The number of rotatable bonds is 5. The van der Waals surface area contributed by atoms with E-state index in [2.05, 4.69) is 5.32 Å². The molecule has 162 valence electrons. The van der Waals surface area contributed by atoms with Gasteiger partial charge < -0.3 is 10.1 Å². The lowest BCUT2D eigenvalue weighted by Gasteiger charge is -2.17. The summed E-state index contributed by atoms with van der Waals surface area (Å²) in [6, 6.07) is 18.9. The summed E-state index contributed by atoms with van der Waals surface area (Å²) in [6.07, 6.45) is 0. The predicted molar refractivity (Wildman–Crippen MR) is 128 cm³/mol. The van der Waals surface area contributed by atoms with Crippen LogP contribution in [0.5, 0.6) is 5.75 Å². The topological polar surface area (TPSA) is 58.6 Å². The van der Waals surface area contributed by atoms with Crippen LogP contribution < -0.4 is 15.0 Å². The number of aryl methyl sites for hydroxylation is 4. The highest BCUT2D eigenvalue weighted by Crippen LogP contribution is 2.37. The summed E-state index contributed by atoms with van der Waals surface area (Å²) < 4.78 is 5.45. The Kier molecular flexibility index (Phi) is 5.57. The van der Waals surface area contributed by atoms with Gasteiger partial charge in [0.15, 0.2) is 0 Å². The first-order valence-electron chi connectivity index (χ1n) is 10.5. The van der Waals surface area contributed by atoms with Crippen LogP contribution in [0.1, 0.15) is 27.8 Å². The Morgan fingerprint density at radius 1 is 0.781 bits per heavy atom. The number of benzene rings is 3. The number of nitrogens with one attached hydrogen (secondary N) is 1. The molecule has 1 aliphatic heterocycles. The molecule has 4 rings (SSSR count). The fraction of sp³-hybridized carbons (Fsp3) is 0.185. The Bertz CT molecular complexity index is 1250. The number of imide groups is 1. The van der Waals surface area contributed by atoms with E-state index >= 15 is 0 Å².